The molecular formula is C17H20N4O2S. The highest BCUT2D eigenvalue weighted by atomic mass is 32.1. The lowest BCUT2D eigenvalue weighted by atomic mass is 10.1. The van der Waals surface area contributed by atoms with Crippen LogP contribution in [0.25, 0.3) is 0 Å². The lowest BCUT2D eigenvalue weighted by Gasteiger charge is -2.17. The number of carbonyl (C=O) groups is 2. The average Bonchev–Trinajstić information content (AvgIpc) is 3.27. The number of amides is 2. The molecule has 1 fully saturated rings. The quantitative estimate of drug-likeness (QED) is 0.870. The van der Waals surface area contributed by atoms with Gasteiger partial charge in [0.2, 0.25) is 0 Å². The van der Waals surface area contributed by atoms with Gasteiger partial charge in [-0.1, -0.05) is 12.1 Å². The second-order valence-corrected chi connectivity index (χ2v) is 6.61. The van der Waals surface area contributed by atoms with Crippen molar-refractivity contribution >= 4 is 28.8 Å². The molecule has 1 aliphatic rings. The van der Waals surface area contributed by atoms with Gasteiger partial charge in [-0.05, 0) is 31.5 Å². The first-order chi connectivity index (χ1) is 11.7. The molecule has 0 atom stereocenters. The standard InChI is InChI=1S/C17H20N4O2S/c18-8-7-15-19-14(11-24-15)16(22)20-13-6-2-1-5-12(13)17(23)21-9-3-4-10-21/h1-2,5-6,11H,3-4,7-10,18H2,(H,20,22). The van der Waals surface area contributed by atoms with Crippen molar-refractivity contribution in [3.05, 3.63) is 45.9 Å². The second-order valence-electron chi connectivity index (χ2n) is 5.66. The van der Waals surface area contributed by atoms with E-state index in [4.69, 9.17) is 5.73 Å². The molecule has 0 saturated carbocycles. The molecule has 1 aliphatic heterocycles. The average molecular weight is 344 g/mol. The van der Waals surface area contributed by atoms with Crippen LogP contribution >= 0.6 is 11.3 Å². The fourth-order valence-electron chi connectivity index (χ4n) is 2.71. The first-order valence-electron chi connectivity index (χ1n) is 8.03. The summed E-state index contributed by atoms with van der Waals surface area (Å²) >= 11 is 1.42. The second kappa shape index (κ2) is 7.55. The lowest BCUT2D eigenvalue weighted by Crippen LogP contribution is -2.28. The van der Waals surface area contributed by atoms with Gasteiger partial charge < -0.3 is 16.0 Å². The van der Waals surface area contributed by atoms with Crippen LogP contribution < -0.4 is 11.1 Å². The van der Waals surface area contributed by atoms with Crippen molar-refractivity contribution in [1.29, 1.82) is 0 Å². The molecule has 126 valence electrons. The van der Waals surface area contributed by atoms with E-state index in [1.807, 2.05) is 4.90 Å². The predicted molar refractivity (Wildman–Crippen MR) is 94.4 cm³/mol. The van der Waals surface area contributed by atoms with Crippen LogP contribution in [0.1, 0.15) is 38.7 Å². The van der Waals surface area contributed by atoms with E-state index in [1.165, 1.54) is 11.3 Å². The molecule has 0 unspecified atom stereocenters. The van der Waals surface area contributed by atoms with Gasteiger partial charge in [0.05, 0.1) is 16.3 Å². The fourth-order valence-corrected chi connectivity index (χ4v) is 3.50. The summed E-state index contributed by atoms with van der Waals surface area (Å²) in [6, 6.07) is 7.10. The van der Waals surface area contributed by atoms with E-state index in [1.54, 1.807) is 29.6 Å². The number of aromatic nitrogens is 1. The molecule has 2 heterocycles. The Morgan fingerprint density at radius 3 is 2.75 bits per heavy atom. The van der Waals surface area contributed by atoms with E-state index in [0.29, 0.717) is 29.9 Å². The number of nitrogens with zero attached hydrogens (tertiary/aromatic N) is 2. The lowest BCUT2D eigenvalue weighted by molar-refractivity contribution is 0.0794. The fraction of sp³-hybridized carbons (Fsp3) is 0.353. The highest BCUT2D eigenvalue weighted by molar-refractivity contribution is 7.09. The molecule has 6 nitrogen and oxygen atoms in total. The molecule has 0 aliphatic carbocycles. The smallest absolute Gasteiger partial charge is 0.275 e. The molecule has 2 aromatic rings. The van der Waals surface area contributed by atoms with Gasteiger partial charge in [-0.3, -0.25) is 9.59 Å². The number of hydrogen-bond donors (Lipinski definition) is 2. The van der Waals surface area contributed by atoms with Gasteiger partial charge in [0.25, 0.3) is 11.8 Å². The van der Waals surface area contributed by atoms with Gasteiger partial charge >= 0.3 is 0 Å². The van der Waals surface area contributed by atoms with E-state index in [0.717, 1.165) is 30.9 Å². The number of para-hydroxylation sites is 1. The Morgan fingerprint density at radius 1 is 1.25 bits per heavy atom. The van der Waals surface area contributed by atoms with E-state index < -0.39 is 0 Å². The third-order valence-corrected chi connectivity index (χ3v) is 4.85. The van der Waals surface area contributed by atoms with Gasteiger partial charge in [-0.15, -0.1) is 11.3 Å². The van der Waals surface area contributed by atoms with Crippen LogP contribution in [-0.4, -0.2) is 41.3 Å². The van der Waals surface area contributed by atoms with E-state index >= 15 is 0 Å². The molecule has 0 bridgehead atoms. The molecule has 2 amide bonds. The van der Waals surface area contributed by atoms with Crippen molar-refractivity contribution in [2.45, 2.75) is 19.3 Å². The topological polar surface area (TPSA) is 88.3 Å². The first-order valence-corrected chi connectivity index (χ1v) is 8.91. The van der Waals surface area contributed by atoms with Crippen molar-refractivity contribution in [1.82, 2.24) is 9.88 Å². The number of nitrogens with one attached hydrogen (secondary N) is 1. The highest BCUT2D eigenvalue weighted by Crippen LogP contribution is 2.21. The van der Waals surface area contributed by atoms with Crippen molar-refractivity contribution in [3.63, 3.8) is 0 Å². The minimum atomic E-state index is -0.309. The van der Waals surface area contributed by atoms with Gasteiger partial charge in [0, 0.05) is 24.9 Å². The maximum atomic E-state index is 12.6. The molecular weight excluding hydrogens is 324 g/mol. The predicted octanol–water partition coefficient (Wildman–Crippen LogP) is 2.13. The number of likely N-dealkylation sites (tertiary alicyclic amines) is 1. The number of thiazole rings is 1. The highest BCUT2D eigenvalue weighted by Gasteiger charge is 2.22. The first kappa shape index (κ1) is 16.6. The van der Waals surface area contributed by atoms with Gasteiger partial charge in [-0.2, -0.15) is 0 Å². The van der Waals surface area contributed by atoms with Crippen molar-refractivity contribution in [2.24, 2.45) is 5.73 Å². The Kier molecular flexibility index (Phi) is 5.22. The van der Waals surface area contributed by atoms with Crippen LogP contribution in [0.5, 0.6) is 0 Å². The van der Waals surface area contributed by atoms with Gasteiger partial charge in [0.15, 0.2) is 0 Å². The summed E-state index contributed by atoms with van der Waals surface area (Å²) in [5.74, 6) is -0.346. The third-order valence-electron chi connectivity index (χ3n) is 3.94. The van der Waals surface area contributed by atoms with Crippen LogP contribution in [0.2, 0.25) is 0 Å². The molecule has 3 N–H and O–H groups in total. The summed E-state index contributed by atoms with van der Waals surface area (Å²) in [7, 11) is 0. The van der Waals surface area contributed by atoms with E-state index in [2.05, 4.69) is 10.3 Å². The summed E-state index contributed by atoms with van der Waals surface area (Å²) in [5.41, 5.74) is 6.90. The van der Waals surface area contributed by atoms with E-state index in [9.17, 15) is 9.59 Å². The zero-order valence-electron chi connectivity index (χ0n) is 13.3. The number of anilines is 1. The van der Waals surface area contributed by atoms with Crippen LogP contribution in [0.3, 0.4) is 0 Å². The molecule has 1 aromatic heterocycles. The maximum Gasteiger partial charge on any atom is 0.275 e. The summed E-state index contributed by atoms with van der Waals surface area (Å²) < 4.78 is 0. The number of nitrogens with two attached hydrogens (primary N) is 1. The minimum Gasteiger partial charge on any atom is -0.339 e. The molecule has 3 rings (SSSR count). The number of hydrogen-bond acceptors (Lipinski definition) is 5. The Labute approximate surface area is 144 Å². The van der Waals surface area contributed by atoms with Crippen LogP contribution in [0, 0.1) is 0 Å². The molecule has 1 saturated heterocycles. The summed E-state index contributed by atoms with van der Waals surface area (Å²) in [4.78, 5) is 31.1. The van der Waals surface area contributed by atoms with Gasteiger partial charge in [0.1, 0.15) is 5.69 Å². The zero-order valence-corrected chi connectivity index (χ0v) is 14.1. The van der Waals surface area contributed by atoms with E-state index in [-0.39, 0.29) is 11.8 Å². The number of carbonyl (C=O) groups excluding carboxylic acids is 2. The third kappa shape index (κ3) is 3.63. The zero-order chi connectivity index (χ0) is 16.9. The van der Waals surface area contributed by atoms with Crippen LogP contribution in [0.15, 0.2) is 29.6 Å². The van der Waals surface area contributed by atoms with Crippen molar-refractivity contribution in [2.75, 3.05) is 25.0 Å². The summed E-state index contributed by atoms with van der Waals surface area (Å²) in [6.45, 7) is 2.05. The SMILES string of the molecule is NCCc1nc(C(=O)Nc2ccccc2C(=O)N2CCCC2)cs1. The van der Waals surface area contributed by atoms with Crippen molar-refractivity contribution < 1.29 is 9.59 Å². The normalized spacial score (nSPS) is 14.0. The Hall–Kier alpha value is -2.25. The Balaban J connectivity index is 1.76. The maximum absolute atomic E-state index is 12.6. The van der Waals surface area contributed by atoms with Crippen LogP contribution in [0.4, 0.5) is 5.69 Å². The molecule has 7 heteroatoms. The van der Waals surface area contributed by atoms with Crippen molar-refractivity contribution in [3.8, 4) is 0 Å². The summed E-state index contributed by atoms with van der Waals surface area (Å²) in [6.07, 6.45) is 2.72. The molecule has 24 heavy (non-hydrogen) atoms. The Morgan fingerprint density at radius 2 is 2.00 bits per heavy atom. The monoisotopic (exact) mass is 344 g/mol. The number of benzene rings is 1. The summed E-state index contributed by atoms with van der Waals surface area (Å²) in [5, 5.41) is 5.36. The molecule has 0 spiro atoms. The largest absolute Gasteiger partial charge is 0.339 e. The Bertz CT molecular complexity index is 738. The minimum absolute atomic E-state index is 0.0366. The molecule has 1 aromatic carbocycles. The number of rotatable bonds is 5. The molecule has 0 radical (unpaired) electrons. The van der Waals surface area contributed by atoms with Gasteiger partial charge in [-0.25, -0.2) is 4.98 Å². The van der Waals surface area contributed by atoms with Crippen LogP contribution in [-0.2, 0) is 6.42 Å².